The fourth-order valence-electron chi connectivity index (χ4n) is 2.76. The molecule has 1 aromatic heterocycles. The van der Waals surface area contributed by atoms with Gasteiger partial charge in [-0.2, -0.15) is 0 Å². The van der Waals surface area contributed by atoms with Crippen molar-refractivity contribution in [2.24, 2.45) is 0 Å². The standard InChI is InChI=1S/C20H20ClN3O/c1-14-7-9-17(10-8-14)22-19(25)13-24(2)12-16-11-15-5-3-4-6-18(15)23-20(16)21/h3-11H,12-13H2,1-2H3,(H,22,25)/p+1. The highest BCUT2D eigenvalue weighted by Crippen LogP contribution is 2.19. The lowest BCUT2D eigenvalue weighted by Crippen LogP contribution is -3.08. The van der Waals surface area contributed by atoms with Crippen LogP contribution in [0, 0.1) is 6.92 Å². The Labute approximate surface area is 152 Å². The number of hydrogen-bond acceptors (Lipinski definition) is 2. The quantitative estimate of drug-likeness (QED) is 0.692. The molecule has 1 heterocycles. The van der Waals surface area contributed by atoms with E-state index in [-0.39, 0.29) is 5.91 Å². The molecule has 0 spiro atoms. The lowest BCUT2D eigenvalue weighted by Gasteiger charge is -2.15. The maximum absolute atomic E-state index is 12.2. The number of aryl methyl sites for hydroxylation is 1. The van der Waals surface area contributed by atoms with E-state index in [0.29, 0.717) is 18.2 Å². The molecule has 25 heavy (non-hydrogen) atoms. The second-order valence-corrected chi connectivity index (χ2v) is 6.71. The smallest absolute Gasteiger partial charge is 0.279 e. The van der Waals surface area contributed by atoms with Crippen molar-refractivity contribution < 1.29 is 9.69 Å². The zero-order valence-corrected chi connectivity index (χ0v) is 15.1. The number of pyridine rings is 1. The van der Waals surface area contributed by atoms with Gasteiger partial charge in [-0.05, 0) is 31.2 Å². The molecule has 0 fully saturated rings. The largest absolute Gasteiger partial charge is 0.326 e. The predicted molar refractivity (Wildman–Crippen MR) is 102 cm³/mol. The summed E-state index contributed by atoms with van der Waals surface area (Å²) in [5.74, 6) is -0.0220. The zero-order valence-electron chi connectivity index (χ0n) is 14.3. The molecule has 3 rings (SSSR count). The number of hydrogen-bond donors (Lipinski definition) is 2. The summed E-state index contributed by atoms with van der Waals surface area (Å²) in [5.41, 5.74) is 3.81. The van der Waals surface area contributed by atoms with Crippen LogP contribution in [0.15, 0.2) is 54.6 Å². The Morgan fingerprint density at radius 2 is 1.88 bits per heavy atom. The minimum Gasteiger partial charge on any atom is -0.326 e. The summed E-state index contributed by atoms with van der Waals surface area (Å²) in [6.45, 7) is 3.01. The molecule has 0 saturated heterocycles. The Balaban J connectivity index is 1.63. The lowest BCUT2D eigenvalue weighted by molar-refractivity contribution is -0.885. The van der Waals surface area contributed by atoms with Crippen molar-refractivity contribution in [2.75, 3.05) is 18.9 Å². The van der Waals surface area contributed by atoms with E-state index in [9.17, 15) is 4.79 Å². The summed E-state index contributed by atoms with van der Waals surface area (Å²) in [5, 5.41) is 4.47. The Hall–Kier alpha value is -2.43. The third-order valence-electron chi connectivity index (χ3n) is 4.04. The minimum absolute atomic E-state index is 0.0220. The van der Waals surface area contributed by atoms with E-state index >= 15 is 0 Å². The fourth-order valence-corrected chi connectivity index (χ4v) is 2.98. The molecule has 0 aliphatic carbocycles. The number of carbonyl (C=O) groups excluding carboxylic acids is 1. The molecule has 5 heteroatoms. The van der Waals surface area contributed by atoms with Gasteiger partial charge >= 0.3 is 0 Å². The summed E-state index contributed by atoms with van der Waals surface area (Å²) in [6.07, 6.45) is 0. The normalized spacial score (nSPS) is 12.1. The van der Waals surface area contributed by atoms with Crippen molar-refractivity contribution in [1.82, 2.24) is 4.98 Å². The van der Waals surface area contributed by atoms with Gasteiger partial charge in [0.05, 0.1) is 12.6 Å². The van der Waals surface area contributed by atoms with Crippen LogP contribution in [0.2, 0.25) is 5.15 Å². The second-order valence-electron chi connectivity index (χ2n) is 6.36. The van der Waals surface area contributed by atoms with Crippen molar-refractivity contribution in [2.45, 2.75) is 13.5 Å². The molecular formula is C20H21ClN3O+. The van der Waals surface area contributed by atoms with Gasteiger partial charge in [0.15, 0.2) is 6.54 Å². The number of amides is 1. The van der Waals surface area contributed by atoms with Crippen molar-refractivity contribution in [3.8, 4) is 0 Å². The molecule has 1 atom stereocenters. The van der Waals surface area contributed by atoms with Crippen molar-refractivity contribution >= 4 is 34.1 Å². The second kappa shape index (κ2) is 7.64. The SMILES string of the molecule is Cc1ccc(NC(=O)C[NH+](C)Cc2cc3ccccc3nc2Cl)cc1. The zero-order chi connectivity index (χ0) is 17.8. The van der Waals surface area contributed by atoms with Gasteiger partial charge in [0.1, 0.15) is 11.7 Å². The van der Waals surface area contributed by atoms with Crippen LogP contribution in [0.3, 0.4) is 0 Å². The molecule has 0 saturated carbocycles. The molecule has 128 valence electrons. The van der Waals surface area contributed by atoms with Crippen LogP contribution >= 0.6 is 11.6 Å². The number of likely N-dealkylation sites (N-methyl/N-ethyl adjacent to an activating group) is 1. The van der Waals surface area contributed by atoms with Crippen LogP contribution < -0.4 is 10.2 Å². The van der Waals surface area contributed by atoms with Crippen LogP contribution in [-0.2, 0) is 11.3 Å². The average Bonchev–Trinajstić information content (AvgIpc) is 2.57. The van der Waals surface area contributed by atoms with Gasteiger partial charge in [0, 0.05) is 16.6 Å². The molecule has 2 aromatic carbocycles. The first kappa shape index (κ1) is 17.4. The molecule has 0 aliphatic heterocycles. The van der Waals surface area contributed by atoms with Crippen molar-refractivity contribution in [3.05, 3.63) is 70.9 Å². The molecule has 1 unspecified atom stereocenters. The van der Waals surface area contributed by atoms with E-state index in [1.54, 1.807) is 0 Å². The maximum atomic E-state index is 12.2. The lowest BCUT2D eigenvalue weighted by atomic mass is 10.1. The van der Waals surface area contributed by atoms with Crippen LogP contribution in [0.25, 0.3) is 10.9 Å². The first-order valence-corrected chi connectivity index (χ1v) is 8.61. The fraction of sp³-hybridized carbons (Fsp3) is 0.200. The maximum Gasteiger partial charge on any atom is 0.279 e. The summed E-state index contributed by atoms with van der Waals surface area (Å²) in [7, 11) is 1.97. The number of rotatable bonds is 5. The summed E-state index contributed by atoms with van der Waals surface area (Å²) in [6, 6.07) is 17.7. The van der Waals surface area contributed by atoms with E-state index in [1.165, 1.54) is 5.56 Å². The Morgan fingerprint density at radius 1 is 1.16 bits per heavy atom. The monoisotopic (exact) mass is 354 g/mol. The van der Waals surface area contributed by atoms with Crippen LogP contribution in [0.5, 0.6) is 0 Å². The topological polar surface area (TPSA) is 46.4 Å². The van der Waals surface area contributed by atoms with E-state index in [2.05, 4.69) is 10.3 Å². The van der Waals surface area contributed by atoms with E-state index in [1.807, 2.05) is 68.6 Å². The van der Waals surface area contributed by atoms with Crippen LogP contribution in [0.4, 0.5) is 5.69 Å². The minimum atomic E-state index is -0.0220. The number of quaternary nitrogens is 1. The third-order valence-corrected chi connectivity index (χ3v) is 4.37. The first-order valence-electron chi connectivity index (χ1n) is 8.23. The summed E-state index contributed by atoms with van der Waals surface area (Å²) in [4.78, 5) is 17.7. The molecule has 0 bridgehead atoms. The molecule has 3 aromatic rings. The number of benzene rings is 2. The van der Waals surface area contributed by atoms with Gasteiger partial charge in [0.25, 0.3) is 5.91 Å². The first-order chi connectivity index (χ1) is 12.0. The molecule has 0 aliphatic rings. The van der Waals surface area contributed by atoms with E-state index in [4.69, 9.17) is 11.6 Å². The van der Waals surface area contributed by atoms with E-state index < -0.39 is 0 Å². The van der Waals surface area contributed by atoms with Crippen LogP contribution in [-0.4, -0.2) is 24.5 Å². The Bertz CT molecular complexity index is 893. The molecule has 2 N–H and O–H groups in total. The number of para-hydroxylation sites is 1. The Morgan fingerprint density at radius 3 is 2.64 bits per heavy atom. The highest BCUT2D eigenvalue weighted by Gasteiger charge is 2.14. The van der Waals surface area contributed by atoms with Gasteiger partial charge in [-0.3, -0.25) is 4.79 Å². The highest BCUT2D eigenvalue weighted by atomic mass is 35.5. The molecule has 4 nitrogen and oxygen atoms in total. The van der Waals surface area contributed by atoms with Gasteiger partial charge in [-0.15, -0.1) is 0 Å². The number of aromatic nitrogens is 1. The summed E-state index contributed by atoms with van der Waals surface area (Å²) < 4.78 is 0. The highest BCUT2D eigenvalue weighted by molar-refractivity contribution is 6.30. The Kier molecular flexibility index (Phi) is 5.31. The number of fused-ring (bicyclic) bond motifs is 1. The molecular weight excluding hydrogens is 334 g/mol. The predicted octanol–water partition coefficient (Wildman–Crippen LogP) is 2.85. The van der Waals surface area contributed by atoms with Crippen molar-refractivity contribution in [1.29, 1.82) is 0 Å². The number of carbonyl (C=O) groups is 1. The average molecular weight is 355 g/mol. The van der Waals surface area contributed by atoms with Gasteiger partial charge in [-0.25, -0.2) is 4.98 Å². The van der Waals surface area contributed by atoms with E-state index in [0.717, 1.165) is 27.1 Å². The van der Waals surface area contributed by atoms with Gasteiger partial charge < -0.3 is 10.2 Å². The van der Waals surface area contributed by atoms with Crippen LogP contribution in [0.1, 0.15) is 11.1 Å². The summed E-state index contributed by atoms with van der Waals surface area (Å²) >= 11 is 6.30. The number of nitrogens with zero attached hydrogens (tertiary/aromatic N) is 1. The molecule has 0 radical (unpaired) electrons. The van der Waals surface area contributed by atoms with Crippen molar-refractivity contribution in [3.63, 3.8) is 0 Å². The molecule has 1 amide bonds. The number of nitrogens with one attached hydrogen (secondary N) is 2. The number of anilines is 1. The number of halogens is 1. The third kappa shape index (κ3) is 4.56. The van der Waals surface area contributed by atoms with Gasteiger partial charge in [0.2, 0.25) is 0 Å². The van der Waals surface area contributed by atoms with Gasteiger partial charge in [-0.1, -0.05) is 47.5 Å².